The average molecular weight is 556 g/mol. The van der Waals surface area contributed by atoms with Gasteiger partial charge in [-0.2, -0.15) is 0 Å². The van der Waals surface area contributed by atoms with Gasteiger partial charge in [-0.25, -0.2) is 0 Å². The van der Waals surface area contributed by atoms with Crippen LogP contribution >= 0.6 is 79.6 Å². The molecule has 0 amide bonds. The first-order chi connectivity index (χ1) is 7.91. The lowest BCUT2D eigenvalue weighted by atomic mass is 10.2. The Hall–Kier alpha value is 0.700. The van der Waals surface area contributed by atoms with Crippen molar-refractivity contribution in [2.75, 3.05) is 0 Å². The molecule has 0 radical (unpaired) electrons. The molecule has 2 N–H and O–H groups in total. The molecule has 2 nitrogen and oxygen atoms in total. The highest BCUT2D eigenvalue weighted by molar-refractivity contribution is 9.14. The summed E-state index contributed by atoms with van der Waals surface area (Å²) < 4.78 is 4.06. The van der Waals surface area contributed by atoms with Gasteiger partial charge in [-0.05, 0) is 75.9 Å². The Bertz CT molecular complexity index is 593. The summed E-state index contributed by atoms with van der Waals surface area (Å²) in [5.74, 6) is 0.190. The number of aromatic nitrogens is 1. The summed E-state index contributed by atoms with van der Waals surface area (Å²) in [6.07, 6.45) is 0. The van der Waals surface area contributed by atoms with Gasteiger partial charge in [0.15, 0.2) is 0 Å². The average Bonchev–Trinajstić information content (AvgIpc) is 2.51. The Morgan fingerprint density at radius 3 is 2.12 bits per heavy atom. The minimum atomic E-state index is 0.190. The number of phenolic OH excluding ortho intramolecular Hbond substituents is 1. The predicted octanol–water partition coefficient (Wildman–Crippen LogP) is 6.20. The Labute approximate surface area is 140 Å². The molecule has 17 heavy (non-hydrogen) atoms. The van der Waals surface area contributed by atoms with Crippen LogP contribution in [0.3, 0.4) is 0 Å². The summed E-state index contributed by atoms with van der Waals surface area (Å²) in [4.78, 5) is 3.15. The highest BCUT2D eigenvalue weighted by atomic mass is 79.9. The van der Waals surface area contributed by atoms with Gasteiger partial charge >= 0.3 is 0 Å². The van der Waals surface area contributed by atoms with Crippen LogP contribution in [0.15, 0.2) is 34.6 Å². The fourth-order valence-corrected chi connectivity index (χ4v) is 4.06. The molecule has 1 heterocycles. The van der Waals surface area contributed by atoms with E-state index in [0.29, 0.717) is 10.0 Å². The lowest BCUT2D eigenvalue weighted by Crippen LogP contribution is -1.82. The fraction of sp³-hybridized carbons (Fsp3) is 0. The van der Waals surface area contributed by atoms with Crippen molar-refractivity contribution < 1.29 is 5.11 Å². The van der Waals surface area contributed by atoms with E-state index in [0.717, 1.165) is 23.7 Å². The third-order valence-corrected chi connectivity index (χ3v) is 6.44. The van der Waals surface area contributed by atoms with Gasteiger partial charge in [-0.3, -0.25) is 0 Å². The smallest absolute Gasteiger partial charge is 0.139 e. The number of nitrogens with one attached hydrogen (secondary N) is 1. The fourth-order valence-electron chi connectivity index (χ4n) is 1.37. The standard InChI is InChI=1S/C10H4Br5NO/c11-3-1-4(9(17)5(12)2-3)8-6(13)7(14)10(15)16-8/h1-2,16-17H/i1+1,2+1. The second-order valence-electron chi connectivity index (χ2n) is 3.23. The van der Waals surface area contributed by atoms with Gasteiger partial charge in [0.05, 0.1) is 23.7 Å². The molecule has 0 saturated heterocycles. The van der Waals surface area contributed by atoms with E-state index in [4.69, 9.17) is 0 Å². The number of rotatable bonds is 1. The molecular formula is C10H4Br5NO. The van der Waals surface area contributed by atoms with Gasteiger partial charge in [0.25, 0.3) is 0 Å². The lowest BCUT2D eigenvalue weighted by molar-refractivity contribution is 0.473. The summed E-state index contributed by atoms with van der Waals surface area (Å²) in [6.45, 7) is 0. The molecule has 0 bridgehead atoms. The van der Waals surface area contributed by atoms with Crippen LogP contribution in [-0.2, 0) is 0 Å². The number of halogens is 5. The van der Waals surface area contributed by atoms with Crippen molar-refractivity contribution in [2.24, 2.45) is 0 Å². The Balaban J connectivity index is 2.72. The first-order valence-corrected chi connectivity index (χ1v) is 8.29. The Kier molecular flexibility index (Phi) is 4.45. The maximum absolute atomic E-state index is 10.1. The normalized spacial score (nSPS) is 10.9. The third kappa shape index (κ3) is 2.68. The molecule has 7 heteroatoms. The number of aromatic hydroxyl groups is 1. The highest BCUT2D eigenvalue weighted by Gasteiger charge is 2.17. The van der Waals surface area contributed by atoms with E-state index in [-0.39, 0.29) is 5.75 Å². The molecular weight excluding hydrogens is 552 g/mol. The van der Waals surface area contributed by atoms with Gasteiger partial charge in [0.1, 0.15) is 5.75 Å². The van der Waals surface area contributed by atoms with Crippen LogP contribution in [0.4, 0.5) is 0 Å². The zero-order valence-electron chi connectivity index (χ0n) is 7.99. The van der Waals surface area contributed by atoms with Crippen LogP contribution in [0.1, 0.15) is 0 Å². The molecule has 0 atom stereocenters. The van der Waals surface area contributed by atoms with Crippen LogP contribution in [0.25, 0.3) is 11.3 Å². The molecule has 90 valence electrons. The molecule has 2 rings (SSSR count). The van der Waals surface area contributed by atoms with Gasteiger partial charge in [-0.1, -0.05) is 15.9 Å². The lowest BCUT2D eigenvalue weighted by Gasteiger charge is -2.06. The van der Waals surface area contributed by atoms with Crippen molar-refractivity contribution in [1.29, 1.82) is 0 Å². The van der Waals surface area contributed by atoms with Crippen LogP contribution in [0, 0.1) is 0 Å². The van der Waals surface area contributed by atoms with Crippen molar-refractivity contribution in [3.8, 4) is 17.0 Å². The van der Waals surface area contributed by atoms with Crippen LogP contribution < -0.4 is 0 Å². The molecule has 1 aromatic carbocycles. The minimum absolute atomic E-state index is 0.190. The second-order valence-corrected chi connectivity index (χ2v) is 7.37. The summed E-state index contributed by atoms with van der Waals surface area (Å²) >= 11 is 17.0. The predicted molar refractivity (Wildman–Crippen MR) is 86.4 cm³/mol. The van der Waals surface area contributed by atoms with Gasteiger partial charge in [0.2, 0.25) is 0 Å². The number of hydrogen-bond acceptors (Lipinski definition) is 1. The van der Waals surface area contributed by atoms with Gasteiger partial charge in [-0.15, -0.1) is 0 Å². The van der Waals surface area contributed by atoms with E-state index < -0.39 is 0 Å². The first kappa shape index (κ1) is 14.1. The SMILES string of the molecule is Oc1c(Br)[13cH]c(Br)[13cH]c1-c1[nH]c(Br)c(Br)c1Br. The van der Waals surface area contributed by atoms with E-state index in [1.54, 1.807) is 6.07 Å². The molecule has 2 aromatic rings. The number of hydrogen-bond donors (Lipinski definition) is 2. The number of H-pyrrole nitrogens is 1. The second kappa shape index (κ2) is 5.36. The van der Waals surface area contributed by atoms with Gasteiger partial charge < -0.3 is 10.1 Å². The maximum Gasteiger partial charge on any atom is 0.139 e. The maximum atomic E-state index is 10.1. The molecule has 0 saturated carbocycles. The van der Waals surface area contributed by atoms with Crippen LogP contribution in [0.2, 0.25) is 0 Å². The van der Waals surface area contributed by atoms with Crippen molar-refractivity contribution in [1.82, 2.24) is 4.98 Å². The van der Waals surface area contributed by atoms with E-state index in [1.807, 2.05) is 6.07 Å². The monoisotopic (exact) mass is 551 g/mol. The zero-order chi connectivity index (χ0) is 12.7. The van der Waals surface area contributed by atoms with Crippen molar-refractivity contribution in [2.45, 2.75) is 0 Å². The first-order valence-electron chi connectivity index (χ1n) is 4.32. The molecule has 0 aliphatic rings. The number of phenols is 1. The van der Waals surface area contributed by atoms with E-state index in [1.165, 1.54) is 0 Å². The molecule has 0 unspecified atom stereocenters. The minimum Gasteiger partial charge on any atom is -0.506 e. The number of aromatic amines is 1. The van der Waals surface area contributed by atoms with Crippen LogP contribution in [-0.4, -0.2) is 10.1 Å². The van der Waals surface area contributed by atoms with Gasteiger partial charge in [0, 0.05) is 10.0 Å². The van der Waals surface area contributed by atoms with Crippen molar-refractivity contribution in [3.05, 3.63) is 34.6 Å². The highest BCUT2D eigenvalue weighted by Crippen LogP contribution is 2.44. The molecule has 0 aliphatic heterocycles. The van der Waals surface area contributed by atoms with Crippen LogP contribution in [0.5, 0.6) is 5.75 Å². The Morgan fingerprint density at radius 1 is 0.941 bits per heavy atom. The summed E-state index contributed by atoms with van der Waals surface area (Å²) in [5, 5.41) is 10.1. The van der Waals surface area contributed by atoms with E-state index in [2.05, 4.69) is 84.6 Å². The third-order valence-electron chi connectivity index (χ3n) is 2.14. The Morgan fingerprint density at radius 2 is 1.59 bits per heavy atom. The molecule has 0 fully saturated rings. The zero-order valence-corrected chi connectivity index (χ0v) is 15.9. The summed E-state index contributed by atoms with van der Waals surface area (Å²) in [7, 11) is 0. The largest absolute Gasteiger partial charge is 0.506 e. The summed E-state index contributed by atoms with van der Waals surface area (Å²) in [6, 6.07) is 3.63. The van der Waals surface area contributed by atoms with Crippen molar-refractivity contribution in [3.63, 3.8) is 0 Å². The van der Waals surface area contributed by atoms with Crippen molar-refractivity contribution >= 4 is 79.6 Å². The topological polar surface area (TPSA) is 36.0 Å². The molecule has 0 spiro atoms. The van der Waals surface area contributed by atoms with E-state index >= 15 is 0 Å². The molecule has 1 aromatic heterocycles. The quantitative estimate of drug-likeness (QED) is 0.432. The molecule has 0 aliphatic carbocycles. The summed E-state index contributed by atoms with van der Waals surface area (Å²) in [5.41, 5.74) is 1.49. The number of benzene rings is 1. The van der Waals surface area contributed by atoms with E-state index in [9.17, 15) is 5.11 Å².